The van der Waals surface area contributed by atoms with Crippen molar-refractivity contribution >= 4 is 44.7 Å². The van der Waals surface area contributed by atoms with Gasteiger partial charge in [0, 0.05) is 21.3 Å². The van der Waals surface area contributed by atoms with Gasteiger partial charge in [0.1, 0.15) is 5.82 Å². The summed E-state index contributed by atoms with van der Waals surface area (Å²) in [5, 5.41) is 1.92. The Hall–Kier alpha value is -0.710. The molecule has 2 rings (SSSR count). The fourth-order valence-corrected chi connectivity index (χ4v) is 2.98. The minimum absolute atomic E-state index is 0.0267. The molecular formula is C12H7BrClFOS. The average molecular weight is 334 g/mol. The Balaban J connectivity index is 2.20. The lowest BCUT2D eigenvalue weighted by Gasteiger charge is -2.01. The number of halogens is 3. The van der Waals surface area contributed by atoms with Gasteiger partial charge in [-0.25, -0.2) is 4.39 Å². The maximum absolute atomic E-state index is 13.2. The van der Waals surface area contributed by atoms with E-state index in [0.717, 1.165) is 9.35 Å². The van der Waals surface area contributed by atoms with Gasteiger partial charge in [0.2, 0.25) is 0 Å². The fourth-order valence-electron chi connectivity index (χ4n) is 1.37. The van der Waals surface area contributed by atoms with Crippen LogP contribution in [0.2, 0.25) is 5.02 Å². The summed E-state index contributed by atoms with van der Waals surface area (Å²) in [4.78, 5) is 12.8. The summed E-state index contributed by atoms with van der Waals surface area (Å²) < 4.78 is 14.1. The molecule has 88 valence electrons. The van der Waals surface area contributed by atoms with Gasteiger partial charge in [0.15, 0.2) is 5.78 Å². The monoisotopic (exact) mass is 332 g/mol. The van der Waals surface area contributed by atoms with Gasteiger partial charge < -0.3 is 0 Å². The first-order valence-electron chi connectivity index (χ1n) is 4.78. The van der Waals surface area contributed by atoms with E-state index in [9.17, 15) is 9.18 Å². The van der Waals surface area contributed by atoms with Crippen molar-refractivity contribution in [1.82, 2.24) is 0 Å². The zero-order chi connectivity index (χ0) is 12.4. The second-order valence-corrected chi connectivity index (χ2v) is 5.68. The average Bonchev–Trinajstić information content (AvgIpc) is 2.68. The van der Waals surface area contributed by atoms with Crippen molar-refractivity contribution < 1.29 is 9.18 Å². The van der Waals surface area contributed by atoms with E-state index < -0.39 is 5.82 Å². The highest BCUT2D eigenvalue weighted by Gasteiger charge is 2.12. The van der Waals surface area contributed by atoms with E-state index in [1.807, 2.05) is 11.4 Å². The van der Waals surface area contributed by atoms with Crippen LogP contribution < -0.4 is 0 Å². The van der Waals surface area contributed by atoms with Crippen LogP contribution in [0, 0.1) is 5.82 Å². The van der Waals surface area contributed by atoms with Crippen LogP contribution in [0.1, 0.15) is 15.2 Å². The summed E-state index contributed by atoms with van der Waals surface area (Å²) in [6.45, 7) is 0. The molecule has 0 saturated heterocycles. The van der Waals surface area contributed by atoms with E-state index in [0.29, 0.717) is 5.56 Å². The third-order valence-electron chi connectivity index (χ3n) is 2.25. The standard InChI is InChI=1S/C12H7BrClFOS/c13-8-3-4-17-12(8)6-11(16)7-1-2-9(14)10(15)5-7/h1-5H,6H2. The Morgan fingerprint density at radius 2 is 2.18 bits per heavy atom. The van der Waals surface area contributed by atoms with Crippen LogP contribution in [-0.2, 0) is 6.42 Å². The number of ketones is 1. The molecule has 0 fully saturated rings. The molecule has 0 N–H and O–H groups in total. The van der Waals surface area contributed by atoms with Crippen LogP contribution in [0.4, 0.5) is 4.39 Å². The van der Waals surface area contributed by atoms with Gasteiger partial charge in [0.05, 0.1) is 5.02 Å². The molecule has 0 aliphatic heterocycles. The highest BCUT2D eigenvalue weighted by Crippen LogP contribution is 2.25. The summed E-state index contributed by atoms with van der Waals surface area (Å²) >= 11 is 10.4. The zero-order valence-electron chi connectivity index (χ0n) is 8.54. The van der Waals surface area contributed by atoms with Crippen molar-refractivity contribution in [3.63, 3.8) is 0 Å². The molecule has 1 heterocycles. The lowest BCUT2D eigenvalue weighted by Crippen LogP contribution is -2.03. The SMILES string of the molecule is O=C(Cc1sccc1Br)c1ccc(Cl)c(F)c1. The van der Waals surface area contributed by atoms with E-state index in [1.165, 1.54) is 29.5 Å². The van der Waals surface area contributed by atoms with Crippen LogP contribution in [0.5, 0.6) is 0 Å². The third kappa shape index (κ3) is 2.94. The Labute approximate surface area is 115 Å². The summed E-state index contributed by atoms with van der Waals surface area (Å²) in [6, 6.07) is 5.99. The summed E-state index contributed by atoms with van der Waals surface area (Å²) in [5.74, 6) is -0.688. The Kier molecular flexibility index (Phi) is 3.97. The molecule has 0 aliphatic carbocycles. The Bertz CT molecular complexity index is 567. The van der Waals surface area contributed by atoms with Gasteiger partial charge in [-0.05, 0) is 45.6 Å². The highest BCUT2D eigenvalue weighted by molar-refractivity contribution is 9.10. The molecule has 0 radical (unpaired) electrons. The van der Waals surface area contributed by atoms with Crippen molar-refractivity contribution in [2.75, 3.05) is 0 Å². The molecule has 0 saturated carbocycles. The zero-order valence-corrected chi connectivity index (χ0v) is 11.7. The smallest absolute Gasteiger partial charge is 0.168 e. The summed E-state index contributed by atoms with van der Waals surface area (Å²) in [7, 11) is 0. The van der Waals surface area contributed by atoms with Gasteiger partial charge in [-0.15, -0.1) is 11.3 Å². The molecule has 0 unspecified atom stereocenters. The predicted octanol–water partition coefficient (Wildman–Crippen LogP) is 4.73. The highest BCUT2D eigenvalue weighted by atomic mass is 79.9. The fraction of sp³-hybridized carbons (Fsp3) is 0.0833. The van der Waals surface area contributed by atoms with E-state index >= 15 is 0 Å². The topological polar surface area (TPSA) is 17.1 Å². The van der Waals surface area contributed by atoms with Gasteiger partial charge in [-0.2, -0.15) is 0 Å². The third-order valence-corrected chi connectivity index (χ3v) is 4.49. The lowest BCUT2D eigenvalue weighted by molar-refractivity contribution is 0.0993. The molecule has 2 aromatic rings. The van der Waals surface area contributed by atoms with Crippen molar-refractivity contribution in [3.8, 4) is 0 Å². The first-order valence-corrected chi connectivity index (χ1v) is 6.83. The Morgan fingerprint density at radius 1 is 1.41 bits per heavy atom. The normalized spacial score (nSPS) is 10.5. The number of hydrogen-bond acceptors (Lipinski definition) is 2. The molecule has 1 aromatic carbocycles. The van der Waals surface area contributed by atoms with Crippen LogP contribution >= 0.6 is 38.9 Å². The minimum Gasteiger partial charge on any atom is -0.294 e. The molecule has 0 spiro atoms. The van der Waals surface area contributed by atoms with Crippen molar-refractivity contribution in [3.05, 3.63) is 55.4 Å². The molecular weight excluding hydrogens is 327 g/mol. The number of thiophene rings is 1. The van der Waals surface area contributed by atoms with Gasteiger partial charge in [-0.3, -0.25) is 4.79 Å². The largest absolute Gasteiger partial charge is 0.294 e. The van der Waals surface area contributed by atoms with Crippen molar-refractivity contribution in [2.24, 2.45) is 0 Å². The van der Waals surface area contributed by atoms with E-state index in [4.69, 9.17) is 11.6 Å². The summed E-state index contributed by atoms with van der Waals surface area (Å²) in [6.07, 6.45) is 0.263. The van der Waals surface area contributed by atoms with Crippen molar-refractivity contribution in [1.29, 1.82) is 0 Å². The molecule has 1 nitrogen and oxygen atoms in total. The maximum atomic E-state index is 13.2. The van der Waals surface area contributed by atoms with Crippen LogP contribution in [0.15, 0.2) is 34.1 Å². The quantitative estimate of drug-likeness (QED) is 0.742. The first-order chi connectivity index (χ1) is 8.08. The minimum atomic E-state index is -0.567. The number of carbonyl (C=O) groups excluding carboxylic acids is 1. The first kappa shape index (κ1) is 12.7. The molecule has 0 amide bonds. The molecule has 0 bridgehead atoms. The molecule has 5 heteroatoms. The van der Waals surface area contributed by atoms with Crippen molar-refractivity contribution in [2.45, 2.75) is 6.42 Å². The number of rotatable bonds is 3. The second kappa shape index (κ2) is 5.29. The van der Waals surface area contributed by atoms with Gasteiger partial charge in [0.25, 0.3) is 0 Å². The lowest BCUT2D eigenvalue weighted by atomic mass is 10.1. The number of Topliss-reactive ketones (excluding diaryl/α,β-unsaturated/α-hetero) is 1. The van der Waals surface area contributed by atoms with Crippen LogP contribution in [-0.4, -0.2) is 5.78 Å². The van der Waals surface area contributed by atoms with Gasteiger partial charge >= 0.3 is 0 Å². The molecule has 1 aromatic heterocycles. The van der Waals surface area contributed by atoms with E-state index in [2.05, 4.69) is 15.9 Å². The summed E-state index contributed by atoms with van der Waals surface area (Å²) in [5.41, 5.74) is 0.340. The van der Waals surface area contributed by atoms with Crippen LogP contribution in [0.3, 0.4) is 0 Å². The molecule has 17 heavy (non-hydrogen) atoms. The molecule has 0 aliphatic rings. The van der Waals surface area contributed by atoms with Crippen LogP contribution in [0.25, 0.3) is 0 Å². The maximum Gasteiger partial charge on any atom is 0.168 e. The number of benzene rings is 1. The number of carbonyl (C=O) groups is 1. The van der Waals surface area contributed by atoms with Gasteiger partial charge in [-0.1, -0.05) is 11.6 Å². The predicted molar refractivity (Wildman–Crippen MR) is 71.5 cm³/mol. The molecule has 0 atom stereocenters. The van der Waals surface area contributed by atoms with E-state index in [-0.39, 0.29) is 17.2 Å². The Morgan fingerprint density at radius 3 is 2.76 bits per heavy atom. The number of hydrogen-bond donors (Lipinski definition) is 0. The second-order valence-electron chi connectivity index (χ2n) is 3.42. The van der Waals surface area contributed by atoms with E-state index in [1.54, 1.807) is 0 Å².